The lowest BCUT2D eigenvalue weighted by Gasteiger charge is -2.47. The first kappa shape index (κ1) is 42.9. The highest BCUT2D eigenvalue weighted by atomic mass is 16.8. The SMILES string of the molecule is CC(C)CC(CC(C)C)(CC(C)C)OB(OC(CC(C)C)(CC(C)C)CC(C)C)OC(CC(C)C)(CC(C)C)CC(C)C. The minimum absolute atomic E-state index is 0.292. The minimum Gasteiger partial charge on any atom is -0.380 e. The van der Waals surface area contributed by atoms with Crippen LogP contribution in [0.25, 0.3) is 0 Å². The second-order valence-corrected chi connectivity index (χ2v) is 18.6. The number of hydrogen-bond acceptors (Lipinski definition) is 3. The van der Waals surface area contributed by atoms with Crippen LogP contribution in [0.1, 0.15) is 182 Å². The van der Waals surface area contributed by atoms with Crippen molar-refractivity contribution in [2.24, 2.45) is 53.3 Å². The van der Waals surface area contributed by atoms with Crippen LogP contribution in [0, 0.1) is 53.3 Å². The fourth-order valence-corrected chi connectivity index (χ4v) is 8.56. The molecule has 0 aromatic heterocycles. The van der Waals surface area contributed by atoms with Gasteiger partial charge in [0.05, 0.1) is 16.8 Å². The molecule has 0 aliphatic rings. The molecule has 0 heterocycles. The number of rotatable bonds is 24. The van der Waals surface area contributed by atoms with E-state index in [2.05, 4.69) is 125 Å². The van der Waals surface area contributed by atoms with Crippen LogP contribution in [0.2, 0.25) is 0 Å². The van der Waals surface area contributed by atoms with Crippen molar-refractivity contribution in [3.8, 4) is 0 Å². The zero-order valence-corrected chi connectivity index (χ0v) is 32.9. The monoisotopic (exact) mass is 609 g/mol. The van der Waals surface area contributed by atoms with E-state index in [-0.39, 0.29) is 16.8 Å². The van der Waals surface area contributed by atoms with Gasteiger partial charge in [0.2, 0.25) is 0 Å². The lowest BCUT2D eigenvalue weighted by molar-refractivity contribution is -0.128. The second-order valence-electron chi connectivity index (χ2n) is 18.6. The van der Waals surface area contributed by atoms with E-state index in [9.17, 15) is 0 Å². The van der Waals surface area contributed by atoms with E-state index in [1.165, 1.54) is 0 Å². The molecule has 0 saturated carbocycles. The molecule has 43 heavy (non-hydrogen) atoms. The molecule has 0 unspecified atom stereocenters. The fraction of sp³-hybridized carbons (Fsp3) is 1.00. The Kier molecular flexibility index (Phi) is 19.5. The molecule has 0 fully saturated rings. The van der Waals surface area contributed by atoms with E-state index in [0.29, 0.717) is 53.3 Å². The van der Waals surface area contributed by atoms with Crippen molar-refractivity contribution in [1.82, 2.24) is 0 Å². The van der Waals surface area contributed by atoms with Crippen LogP contribution in [-0.2, 0) is 14.0 Å². The molecule has 0 aliphatic heterocycles. The van der Waals surface area contributed by atoms with Gasteiger partial charge in [0.25, 0.3) is 0 Å². The Bertz CT molecular complexity index is 533. The molecular formula is C39H81BO3. The molecule has 0 spiro atoms. The van der Waals surface area contributed by atoms with E-state index in [1.807, 2.05) is 0 Å². The van der Waals surface area contributed by atoms with Crippen molar-refractivity contribution in [2.45, 2.75) is 199 Å². The molecule has 0 atom stereocenters. The van der Waals surface area contributed by atoms with Crippen LogP contribution in [-0.4, -0.2) is 24.1 Å². The maximum atomic E-state index is 7.53. The highest BCUT2D eigenvalue weighted by molar-refractivity contribution is 6.37. The topological polar surface area (TPSA) is 27.7 Å². The summed E-state index contributed by atoms with van der Waals surface area (Å²) in [7, 11) is -0.691. The largest absolute Gasteiger partial charge is 0.640 e. The van der Waals surface area contributed by atoms with Crippen LogP contribution in [0.3, 0.4) is 0 Å². The van der Waals surface area contributed by atoms with E-state index in [0.717, 1.165) is 57.8 Å². The Morgan fingerprint density at radius 1 is 0.279 bits per heavy atom. The van der Waals surface area contributed by atoms with Crippen molar-refractivity contribution in [1.29, 1.82) is 0 Å². The van der Waals surface area contributed by atoms with Gasteiger partial charge in [0.1, 0.15) is 0 Å². The first-order valence-corrected chi connectivity index (χ1v) is 18.6. The molecule has 0 aliphatic carbocycles. The Morgan fingerprint density at radius 3 is 0.488 bits per heavy atom. The summed E-state index contributed by atoms with van der Waals surface area (Å²) in [4.78, 5) is 0. The molecule has 3 nitrogen and oxygen atoms in total. The predicted molar refractivity (Wildman–Crippen MR) is 192 cm³/mol. The third kappa shape index (κ3) is 18.6. The van der Waals surface area contributed by atoms with Crippen molar-refractivity contribution >= 4 is 7.32 Å². The van der Waals surface area contributed by atoms with Crippen molar-refractivity contribution in [3.63, 3.8) is 0 Å². The summed E-state index contributed by atoms with van der Waals surface area (Å²) in [5.41, 5.74) is -0.876. The summed E-state index contributed by atoms with van der Waals surface area (Å²) in [6.45, 7) is 42.2. The third-order valence-electron chi connectivity index (χ3n) is 8.06. The summed E-state index contributed by atoms with van der Waals surface area (Å²) in [5, 5.41) is 0. The van der Waals surface area contributed by atoms with Gasteiger partial charge in [-0.15, -0.1) is 0 Å². The summed E-state index contributed by atoms with van der Waals surface area (Å²) in [6.07, 6.45) is 9.16. The minimum atomic E-state index is -0.691. The van der Waals surface area contributed by atoms with Crippen molar-refractivity contribution in [3.05, 3.63) is 0 Å². The van der Waals surface area contributed by atoms with Crippen LogP contribution in [0.15, 0.2) is 0 Å². The summed E-state index contributed by atoms with van der Waals surface area (Å²) in [5.74, 6) is 4.72. The normalized spacial score (nSPS) is 14.0. The highest BCUT2D eigenvalue weighted by Crippen LogP contribution is 2.43. The lowest BCUT2D eigenvalue weighted by Crippen LogP contribution is -2.54. The fourth-order valence-electron chi connectivity index (χ4n) is 8.56. The molecule has 4 heteroatoms. The summed E-state index contributed by atoms with van der Waals surface area (Å²) < 4.78 is 22.6. The Morgan fingerprint density at radius 2 is 0.395 bits per heavy atom. The second kappa shape index (κ2) is 19.6. The maximum absolute atomic E-state index is 7.53. The molecule has 0 aromatic rings. The molecule has 0 amide bonds. The van der Waals surface area contributed by atoms with Crippen molar-refractivity contribution in [2.75, 3.05) is 0 Å². The summed E-state index contributed by atoms with van der Waals surface area (Å²) in [6, 6.07) is 0. The lowest BCUT2D eigenvalue weighted by atomic mass is 9.76. The van der Waals surface area contributed by atoms with E-state index in [1.54, 1.807) is 0 Å². The molecule has 0 saturated heterocycles. The highest BCUT2D eigenvalue weighted by Gasteiger charge is 2.49. The molecular weight excluding hydrogens is 527 g/mol. The molecule has 0 aromatic carbocycles. The third-order valence-corrected chi connectivity index (χ3v) is 8.06. The first-order chi connectivity index (χ1) is 19.5. The quantitative estimate of drug-likeness (QED) is 0.102. The molecule has 0 radical (unpaired) electrons. The average Bonchev–Trinajstić information content (AvgIpc) is 2.67. The molecule has 0 N–H and O–H groups in total. The van der Waals surface area contributed by atoms with Gasteiger partial charge in [-0.2, -0.15) is 0 Å². The van der Waals surface area contributed by atoms with Gasteiger partial charge in [-0.05, 0) is 111 Å². The van der Waals surface area contributed by atoms with Crippen LogP contribution in [0.4, 0.5) is 0 Å². The predicted octanol–water partition coefficient (Wildman–Crippen LogP) is 12.7. The van der Waals surface area contributed by atoms with Gasteiger partial charge in [0.15, 0.2) is 0 Å². The maximum Gasteiger partial charge on any atom is 0.640 e. The van der Waals surface area contributed by atoms with Crippen LogP contribution in [0.5, 0.6) is 0 Å². The van der Waals surface area contributed by atoms with Crippen LogP contribution < -0.4 is 0 Å². The smallest absolute Gasteiger partial charge is 0.380 e. The molecule has 0 rings (SSSR count). The van der Waals surface area contributed by atoms with E-state index in [4.69, 9.17) is 14.0 Å². The zero-order valence-electron chi connectivity index (χ0n) is 32.9. The zero-order chi connectivity index (χ0) is 33.8. The molecule has 258 valence electrons. The van der Waals surface area contributed by atoms with Gasteiger partial charge in [-0.1, -0.05) is 125 Å². The van der Waals surface area contributed by atoms with E-state index < -0.39 is 7.32 Å². The first-order valence-electron chi connectivity index (χ1n) is 18.6. The Hall–Kier alpha value is -0.0551. The standard InChI is InChI=1S/C39H81BO3/c1-28(2)19-37(20-29(3)4,21-30(5)6)41-40(42-38(22-31(7)8,23-32(9)10)24-33(11)12)43-39(25-34(13)14,26-35(15)16)27-36(17)18/h28-36H,19-27H2,1-18H3. The van der Waals surface area contributed by atoms with Gasteiger partial charge >= 0.3 is 7.32 Å². The van der Waals surface area contributed by atoms with Crippen molar-refractivity contribution < 1.29 is 14.0 Å². The Labute approximate surface area is 273 Å². The Balaban J connectivity index is 7.39. The van der Waals surface area contributed by atoms with Gasteiger partial charge in [-0.3, -0.25) is 0 Å². The van der Waals surface area contributed by atoms with Gasteiger partial charge in [0, 0.05) is 0 Å². The molecule has 0 bridgehead atoms. The van der Waals surface area contributed by atoms with Gasteiger partial charge < -0.3 is 14.0 Å². The van der Waals surface area contributed by atoms with E-state index >= 15 is 0 Å². The average molecular weight is 609 g/mol. The van der Waals surface area contributed by atoms with Crippen LogP contribution >= 0.6 is 0 Å². The van der Waals surface area contributed by atoms with Gasteiger partial charge in [-0.25, -0.2) is 0 Å². The number of hydrogen-bond donors (Lipinski definition) is 0. The summed E-state index contributed by atoms with van der Waals surface area (Å²) >= 11 is 0.